The topological polar surface area (TPSA) is 40.6 Å². The number of carbonyl (C=O) groups excluding carboxylic acids is 2. The van der Waals surface area contributed by atoms with E-state index in [-0.39, 0.29) is 11.8 Å². The maximum atomic E-state index is 12.5. The van der Waals surface area contributed by atoms with Gasteiger partial charge in [0.25, 0.3) is 0 Å². The zero-order chi connectivity index (χ0) is 18.4. The molecule has 0 N–H and O–H groups in total. The molecule has 2 rings (SSSR count). The van der Waals surface area contributed by atoms with Crippen LogP contribution in [0.5, 0.6) is 0 Å². The molecular weight excluding hydrogens is 312 g/mol. The summed E-state index contributed by atoms with van der Waals surface area (Å²) in [6, 6.07) is 15.8. The van der Waals surface area contributed by atoms with Crippen LogP contribution in [0, 0.1) is 13.8 Å². The Kier molecular flexibility index (Phi) is 6.34. The van der Waals surface area contributed by atoms with Crippen LogP contribution in [0.15, 0.2) is 48.5 Å². The van der Waals surface area contributed by atoms with Crippen LogP contribution in [0.4, 0.5) is 5.69 Å². The third kappa shape index (κ3) is 4.92. The van der Waals surface area contributed by atoms with E-state index in [1.165, 1.54) is 0 Å². The van der Waals surface area contributed by atoms with Crippen molar-refractivity contribution >= 4 is 17.5 Å². The Morgan fingerprint density at radius 2 is 1.52 bits per heavy atom. The number of para-hydroxylation sites is 1. The summed E-state index contributed by atoms with van der Waals surface area (Å²) in [6.45, 7) is 6.48. The molecule has 0 saturated carbocycles. The van der Waals surface area contributed by atoms with Gasteiger partial charge in [-0.05, 0) is 30.5 Å². The Morgan fingerprint density at radius 3 is 2.08 bits per heavy atom. The zero-order valence-corrected chi connectivity index (χ0v) is 15.5. The van der Waals surface area contributed by atoms with Crippen molar-refractivity contribution in [2.45, 2.75) is 33.7 Å². The Labute approximate surface area is 150 Å². The maximum absolute atomic E-state index is 12.5. The summed E-state index contributed by atoms with van der Waals surface area (Å²) in [5.74, 6) is -0.0164. The molecular formula is C21H26N2O2. The summed E-state index contributed by atoms with van der Waals surface area (Å²) in [5, 5.41) is 0. The normalized spacial score (nSPS) is 10.4. The first-order valence-corrected chi connectivity index (χ1v) is 8.52. The first-order valence-electron chi connectivity index (χ1n) is 8.52. The second-order valence-corrected chi connectivity index (χ2v) is 6.40. The highest BCUT2D eigenvalue weighted by atomic mass is 16.2. The highest BCUT2D eigenvalue weighted by Gasteiger charge is 2.18. The van der Waals surface area contributed by atoms with E-state index in [2.05, 4.69) is 0 Å². The number of carbonyl (C=O) groups is 2. The number of amides is 2. The van der Waals surface area contributed by atoms with Gasteiger partial charge < -0.3 is 9.80 Å². The van der Waals surface area contributed by atoms with E-state index in [0.29, 0.717) is 19.5 Å². The van der Waals surface area contributed by atoms with Crippen LogP contribution in [0.2, 0.25) is 0 Å². The van der Waals surface area contributed by atoms with Crippen LogP contribution >= 0.6 is 0 Å². The molecule has 0 aliphatic carbocycles. The standard InChI is InChI=1S/C21H26N2O2/c1-16-9-8-10-17(2)21(16)23(18(3)24)14-13-20(25)22(4)15-19-11-6-5-7-12-19/h5-12H,13-15H2,1-4H3. The van der Waals surface area contributed by atoms with Crippen LogP contribution in [0.3, 0.4) is 0 Å². The van der Waals surface area contributed by atoms with E-state index >= 15 is 0 Å². The van der Waals surface area contributed by atoms with E-state index in [1.54, 1.807) is 23.8 Å². The lowest BCUT2D eigenvalue weighted by atomic mass is 10.1. The molecule has 0 aliphatic rings. The van der Waals surface area contributed by atoms with E-state index < -0.39 is 0 Å². The van der Waals surface area contributed by atoms with Crippen LogP contribution in [-0.4, -0.2) is 30.3 Å². The Bertz CT molecular complexity index is 721. The fourth-order valence-corrected chi connectivity index (χ4v) is 3.00. The van der Waals surface area contributed by atoms with Gasteiger partial charge in [-0.3, -0.25) is 9.59 Å². The van der Waals surface area contributed by atoms with Crippen molar-refractivity contribution in [2.75, 3.05) is 18.5 Å². The molecule has 0 bridgehead atoms. The lowest BCUT2D eigenvalue weighted by Crippen LogP contribution is -2.35. The van der Waals surface area contributed by atoms with Crippen LogP contribution < -0.4 is 4.90 Å². The number of benzene rings is 2. The predicted molar refractivity (Wildman–Crippen MR) is 101 cm³/mol. The third-order valence-electron chi connectivity index (χ3n) is 4.33. The van der Waals surface area contributed by atoms with Gasteiger partial charge >= 0.3 is 0 Å². The fraction of sp³-hybridized carbons (Fsp3) is 0.333. The molecule has 0 aromatic heterocycles. The maximum Gasteiger partial charge on any atom is 0.224 e. The lowest BCUT2D eigenvalue weighted by Gasteiger charge is -2.26. The summed E-state index contributed by atoms with van der Waals surface area (Å²) in [5.41, 5.74) is 4.09. The number of hydrogen-bond acceptors (Lipinski definition) is 2. The van der Waals surface area contributed by atoms with Crippen molar-refractivity contribution in [2.24, 2.45) is 0 Å². The lowest BCUT2D eigenvalue weighted by molar-refractivity contribution is -0.130. The smallest absolute Gasteiger partial charge is 0.224 e. The zero-order valence-electron chi connectivity index (χ0n) is 15.5. The second kappa shape index (κ2) is 8.47. The summed E-state index contributed by atoms with van der Waals surface area (Å²) in [7, 11) is 1.80. The fourth-order valence-electron chi connectivity index (χ4n) is 3.00. The number of rotatable bonds is 6. The van der Waals surface area contributed by atoms with E-state index in [1.807, 2.05) is 62.4 Å². The molecule has 2 aromatic rings. The quantitative estimate of drug-likeness (QED) is 0.806. The number of anilines is 1. The molecule has 25 heavy (non-hydrogen) atoms. The Morgan fingerprint density at radius 1 is 0.920 bits per heavy atom. The van der Waals surface area contributed by atoms with Crippen molar-refractivity contribution in [1.29, 1.82) is 0 Å². The largest absolute Gasteiger partial charge is 0.341 e. The number of hydrogen-bond donors (Lipinski definition) is 0. The third-order valence-corrected chi connectivity index (χ3v) is 4.33. The van der Waals surface area contributed by atoms with Gasteiger partial charge in [0.05, 0.1) is 0 Å². The van der Waals surface area contributed by atoms with Crippen molar-refractivity contribution in [3.63, 3.8) is 0 Å². The summed E-state index contributed by atoms with van der Waals surface area (Å²) < 4.78 is 0. The van der Waals surface area contributed by atoms with Crippen molar-refractivity contribution in [3.05, 3.63) is 65.2 Å². The molecule has 0 aliphatic heterocycles. The van der Waals surface area contributed by atoms with Gasteiger partial charge in [0.1, 0.15) is 0 Å². The first-order chi connectivity index (χ1) is 11.9. The van der Waals surface area contributed by atoms with Gasteiger partial charge in [0, 0.05) is 39.2 Å². The average molecular weight is 338 g/mol. The van der Waals surface area contributed by atoms with Gasteiger partial charge in [-0.2, -0.15) is 0 Å². The van der Waals surface area contributed by atoms with Crippen molar-refractivity contribution in [3.8, 4) is 0 Å². The molecule has 4 heteroatoms. The molecule has 0 saturated heterocycles. The highest BCUT2D eigenvalue weighted by Crippen LogP contribution is 2.25. The molecule has 4 nitrogen and oxygen atoms in total. The SMILES string of the molecule is CC(=O)N(CCC(=O)N(C)Cc1ccccc1)c1c(C)cccc1C. The molecule has 0 atom stereocenters. The number of aryl methyl sites for hydroxylation is 2. The Hall–Kier alpha value is -2.62. The van der Waals surface area contributed by atoms with E-state index in [9.17, 15) is 9.59 Å². The van der Waals surface area contributed by atoms with Crippen LogP contribution in [0.1, 0.15) is 30.0 Å². The van der Waals surface area contributed by atoms with Crippen LogP contribution in [0.25, 0.3) is 0 Å². The molecule has 0 unspecified atom stereocenters. The van der Waals surface area contributed by atoms with Crippen molar-refractivity contribution < 1.29 is 9.59 Å². The summed E-state index contributed by atoms with van der Waals surface area (Å²) >= 11 is 0. The highest BCUT2D eigenvalue weighted by molar-refractivity contribution is 5.94. The minimum Gasteiger partial charge on any atom is -0.341 e. The van der Waals surface area contributed by atoms with Gasteiger partial charge in [-0.15, -0.1) is 0 Å². The molecule has 2 amide bonds. The molecule has 132 valence electrons. The van der Waals surface area contributed by atoms with Crippen LogP contribution in [-0.2, 0) is 16.1 Å². The van der Waals surface area contributed by atoms with Crippen molar-refractivity contribution in [1.82, 2.24) is 4.90 Å². The molecule has 0 heterocycles. The van der Waals surface area contributed by atoms with Gasteiger partial charge in [-0.25, -0.2) is 0 Å². The molecule has 0 fully saturated rings. The van der Waals surface area contributed by atoms with E-state index in [0.717, 1.165) is 22.4 Å². The average Bonchev–Trinajstić information content (AvgIpc) is 2.57. The summed E-state index contributed by atoms with van der Waals surface area (Å²) in [6.07, 6.45) is 0.302. The molecule has 2 aromatic carbocycles. The predicted octanol–water partition coefficient (Wildman–Crippen LogP) is 3.71. The molecule has 0 spiro atoms. The monoisotopic (exact) mass is 338 g/mol. The Balaban J connectivity index is 2.04. The number of nitrogens with zero attached hydrogens (tertiary/aromatic N) is 2. The minimum atomic E-state index is -0.0455. The minimum absolute atomic E-state index is 0.0290. The summed E-state index contributed by atoms with van der Waals surface area (Å²) in [4.78, 5) is 28.0. The second-order valence-electron chi connectivity index (χ2n) is 6.40. The van der Waals surface area contributed by atoms with Gasteiger partial charge in [0.15, 0.2) is 0 Å². The van der Waals surface area contributed by atoms with Gasteiger partial charge in [0.2, 0.25) is 11.8 Å². The first kappa shape index (κ1) is 18.7. The van der Waals surface area contributed by atoms with Gasteiger partial charge in [-0.1, -0.05) is 48.5 Å². The van der Waals surface area contributed by atoms with E-state index in [4.69, 9.17) is 0 Å². The molecule has 0 radical (unpaired) electrons.